The van der Waals surface area contributed by atoms with E-state index in [9.17, 15) is 26.0 Å². The molecule has 0 aliphatic carbocycles. The highest BCUT2D eigenvalue weighted by Crippen LogP contribution is 2.28. The molecular weight excluding hydrogens is 544 g/mol. The molecule has 2 heterocycles. The molecule has 0 aliphatic rings. The van der Waals surface area contributed by atoms with Crippen LogP contribution >= 0.6 is 0 Å². The first-order valence-corrected chi connectivity index (χ1v) is 12.6. The van der Waals surface area contributed by atoms with Gasteiger partial charge >= 0.3 is 6.18 Å². The van der Waals surface area contributed by atoms with Crippen LogP contribution < -0.4 is 15.8 Å². The Morgan fingerprint density at radius 2 is 1.87 bits per heavy atom. The predicted octanol–water partition coefficient (Wildman–Crippen LogP) is 5.29. The van der Waals surface area contributed by atoms with E-state index in [-0.39, 0.29) is 30.6 Å². The van der Waals surface area contributed by atoms with E-state index >= 15 is 0 Å². The molecule has 9 nitrogen and oxygen atoms in total. The van der Waals surface area contributed by atoms with Crippen LogP contribution in [0.4, 0.5) is 23.6 Å². The van der Waals surface area contributed by atoms with Gasteiger partial charge in [-0.3, -0.25) is 9.54 Å². The monoisotopic (exact) mass is 568 g/mol. The second kappa shape index (κ2) is 12.7. The maximum Gasteiger partial charge on any atom is 0.433 e. The molecule has 0 saturated heterocycles. The number of hydrogen-bond donors (Lipinski definition) is 3. The molecule has 0 amide bonds. The van der Waals surface area contributed by atoms with Crippen molar-refractivity contribution in [2.24, 2.45) is 5.73 Å². The summed E-state index contributed by atoms with van der Waals surface area (Å²) in [6, 6.07) is 13.3. The van der Waals surface area contributed by atoms with Crippen molar-refractivity contribution >= 4 is 27.2 Å². The van der Waals surface area contributed by atoms with Crippen LogP contribution in [0.5, 0.6) is 5.75 Å². The summed E-state index contributed by atoms with van der Waals surface area (Å²) in [4.78, 5) is 7.55. The highest BCUT2D eigenvalue weighted by molar-refractivity contribution is 7.85. The van der Waals surface area contributed by atoms with E-state index < -0.39 is 22.0 Å². The molecule has 0 unspecified atom stereocenters. The number of aromatic nitrogens is 2. The molecule has 14 heteroatoms. The highest BCUT2D eigenvalue weighted by Gasteiger charge is 2.32. The van der Waals surface area contributed by atoms with Gasteiger partial charge in [-0.15, -0.1) is 0 Å². The SMILES string of the molecule is Cc1ccc(S(=O)(=O)O)cc1.NC/C(=C\F)COc1ccc2nc(NCc3ccc(C(F)(F)F)nc3)oc2c1. The molecule has 4 rings (SSSR count). The zero-order valence-electron chi connectivity index (χ0n) is 20.4. The third kappa shape index (κ3) is 8.77. The number of hydrogen-bond acceptors (Lipinski definition) is 8. The van der Waals surface area contributed by atoms with Crippen LogP contribution in [0.15, 0.2) is 82.0 Å². The van der Waals surface area contributed by atoms with Gasteiger partial charge in [0.1, 0.15) is 23.6 Å². The zero-order valence-corrected chi connectivity index (χ0v) is 21.3. The van der Waals surface area contributed by atoms with E-state index in [0.29, 0.717) is 34.3 Å². The zero-order chi connectivity index (χ0) is 28.6. The van der Waals surface area contributed by atoms with Crippen molar-refractivity contribution in [2.75, 3.05) is 18.5 Å². The van der Waals surface area contributed by atoms with Gasteiger partial charge in [0.15, 0.2) is 5.58 Å². The summed E-state index contributed by atoms with van der Waals surface area (Å²) in [6.07, 6.45) is -2.93. The van der Waals surface area contributed by atoms with Crippen LogP contribution in [0.25, 0.3) is 11.1 Å². The molecule has 208 valence electrons. The number of fused-ring (bicyclic) bond motifs is 1. The number of nitrogens with two attached hydrogens (primary N) is 1. The van der Waals surface area contributed by atoms with E-state index in [1.54, 1.807) is 30.3 Å². The number of halogens is 4. The number of aryl methyl sites for hydroxylation is 1. The van der Waals surface area contributed by atoms with Gasteiger partial charge in [0.05, 0.1) is 11.2 Å². The van der Waals surface area contributed by atoms with Gasteiger partial charge in [0.2, 0.25) is 0 Å². The Balaban J connectivity index is 0.000000320. The topological polar surface area (TPSA) is 141 Å². The van der Waals surface area contributed by atoms with Gasteiger partial charge in [-0.05, 0) is 42.8 Å². The summed E-state index contributed by atoms with van der Waals surface area (Å²) in [6.45, 7) is 2.09. The molecule has 0 saturated carbocycles. The Kier molecular flexibility index (Phi) is 9.61. The third-order valence-corrected chi connectivity index (χ3v) is 5.95. The van der Waals surface area contributed by atoms with Gasteiger partial charge in [-0.25, -0.2) is 4.39 Å². The van der Waals surface area contributed by atoms with E-state index in [1.165, 1.54) is 18.2 Å². The van der Waals surface area contributed by atoms with Gasteiger partial charge in [-0.2, -0.15) is 26.6 Å². The molecule has 4 N–H and O–H groups in total. The van der Waals surface area contributed by atoms with Crippen LogP contribution in [0, 0.1) is 6.92 Å². The molecule has 39 heavy (non-hydrogen) atoms. The predicted molar refractivity (Wildman–Crippen MR) is 135 cm³/mol. The summed E-state index contributed by atoms with van der Waals surface area (Å²) in [5.74, 6) is 0.454. The summed E-state index contributed by atoms with van der Waals surface area (Å²) in [5.41, 5.74) is 7.20. The summed E-state index contributed by atoms with van der Waals surface area (Å²) >= 11 is 0. The fraction of sp³-hybridized carbons (Fsp3) is 0.200. The average Bonchev–Trinajstić information content (AvgIpc) is 3.30. The second-order valence-electron chi connectivity index (χ2n) is 8.10. The van der Waals surface area contributed by atoms with Crippen LogP contribution in [-0.4, -0.2) is 36.1 Å². The van der Waals surface area contributed by atoms with Crippen LogP contribution in [0.1, 0.15) is 16.8 Å². The van der Waals surface area contributed by atoms with Crippen LogP contribution in [-0.2, 0) is 22.8 Å². The molecule has 0 radical (unpaired) electrons. The Hall–Kier alpha value is -4.01. The number of rotatable bonds is 8. The Labute approximate surface area is 221 Å². The molecule has 0 spiro atoms. The first-order valence-electron chi connectivity index (χ1n) is 11.2. The van der Waals surface area contributed by atoms with Crippen molar-refractivity contribution < 1.29 is 39.7 Å². The highest BCUT2D eigenvalue weighted by atomic mass is 32.2. The van der Waals surface area contributed by atoms with Gasteiger partial charge in [0.25, 0.3) is 16.1 Å². The number of oxazole rings is 1. The quantitative estimate of drug-likeness (QED) is 0.191. The number of alkyl halides is 3. The Bertz CT molecular complexity index is 1520. The van der Waals surface area contributed by atoms with Crippen molar-refractivity contribution in [2.45, 2.75) is 24.5 Å². The molecule has 0 aliphatic heterocycles. The van der Waals surface area contributed by atoms with Gasteiger partial charge in [-0.1, -0.05) is 23.8 Å². The lowest BCUT2D eigenvalue weighted by molar-refractivity contribution is -0.141. The summed E-state index contributed by atoms with van der Waals surface area (Å²) in [7, 11) is -4.02. The lowest BCUT2D eigenvalue weighted by Gasteiger charge is -2.06. The number of ether oxygens (including phenoxy) is 1. The van der Waals surface area contributed by atoms with Crippen LogP contribution in [0.3, 0.4) is 0 Å². The molecule has 0 bridgehead atoms. The minimum atomic E-state index is -4.48. The van der Waals surface area contributed by atoms with Gasteiger partial charge in [0, 0.05) is 30.9 Å². The maximum atomic E-state index is 12.5. The fourth-order valence-corrected chi connectivity index (χ4v) is 3.45. The summed E-state index contributed by atoms with van der Waals surface area (Å²) in [5, 5.41) is 2.88. The number of anilines is 1. The van der Waals surface area contributed by atoms with Crippen LogP contribution in [0.2, 0.25) is 0 Å². The minimum Gasteiger partial charge on any atom is -0.489 e. The lowest BCUT2D eigenvalue weighted by atomic mass is 10.2. The number of pyridine rings is 1. The van der Waals surface area contributed by atoms with Crippen molar-refractivity contribution in [1.82, 2.24) is 9.97 Å². The maximum absolute atomic E-state index is 12.5. The second-order valence-corrected chi connectivity index (χ2v) is 9.52. The normalized spacial score (nSPS) is 12.1. The fourth-order valence-electron chi connectivity index (χ4n) is 2.97. The van der Waals surface area contributed by atoms with E-state index in [4.69, 9.17) is 19.4 Å². The number of nitrogens with one attached hydrogen (secondary N) is 1. The average molecular weight is 569 g/mol. The summed E-state index contributed by atoms with van der Waals surface area (Å²) < 4.78 is 90.6. The number of benzene rings is 2. The van der Waals surface area contributed by atoms with Crippen molar-refractivity contribution in [3.05, 3.63) is 89.5 Å². The first kappa shape index (κ1) is 29.5. The lowest BCUT2D eigenvalue weighted by Crippen LogP contribution is -2.10. The molecule has 2 aromatic heterocycles. The third-order valence-electron chi connectivity index (χ3n) is 5.08. The number of nitrogens with zero attached hydrogens (tertiary/aromatic N) is 2. The largest absolute Gasteiger partial charge is 0.489 e. The molecule has 4 aromatic rings. The minimum absolute atomic E-state index is 0.0126. The van der Waals surface area contributed by atoms with Crippen molar-refractivity contribution in [3.63, 3.8) is 0 Å². The standard InChI is InChI=1S/C18H16F4N4O2.C7H8O3S/c19-6-12(7-23)10-27-13-2-3-14-15(5-13)28-17(26-14)25-9-11-1-4-16(24-8-11)18(20,21)22;1-6-2-4-7(5-3-6)11(8,9)10/h1-6,8H,7,9-10,23H2,(H,25,26);2-5H,1H3,(H,8,9,10)/b12-6+;. The molecule has 0 atom stereocenters. The van der Waals surface area contributed by atoms with Crippen molar-refractivity contribution in [1.29, 1.82) is 0 Å². The Morgan fingerprint density at radius 3 is 2.44 bits per heavy atom. The molecule has 2 aromatic carbocycles. The van der Waals surface area contributed by atoms with Crippen molar-refractivity contribution in [3.8, 4) is 5.75 Å². The van der Waals surface area contributed by atoms with E-state index in [2.05, 4.69) is 15.3 Å². The van der Waals surface area contributed by atoms with Gasteiger partial charge < -0.3 is 20.2 Å². The molecule has 0 fully saturated rings. The first-order chi connectivity index (χ1) is 18.4. The Morgan fingerprint density at radius 1 is 1.15 bits per heavy atom. The van der Waals surface area contributed by atoms with E-state index in [0.717, 1.165) is 17.8 Å². The smallest absolute Gasteiger partial charge is 0.433 e. The molecular formula is C25H24F4N4O5S. The van der Waals surface area contributed by atoms with E-state index in [1.807, 2.05) is 6.92 Å².